The molecule has 1 heterocycles. The molecule has 1 aromatic heterocycles. The van der Waals surface area contributed by atoms with Gasteiger partial charge >= 0.3 is 0 Å². The maximum Gasteiger partial charge on any atom is 0.276 e. The van der Waals surface area contributed by atoms with Gasteiger partial charge in [0.25, 0.3) is 11.5 Å². The number of halogens is 1. The highest BCUT2D eigenvalue weighted by Crippen LogP contribution is 2.30. The third-order valence-corrected chi connectivity index (χ3v) is 10.1. The Morgan fingerprint density at radius 1 is 0.969 bits per heavy atom. The van der Waals surface area contributed by atoms with Crippen molar-refractivity contribution < 1.29 is 26.2 Å². The van der Waals surface area contributed by atoms with Gasteiger partial charge in [-0.3, -0.25) is 4.79 Å². The average Bonchev–Trinajstić information content (AvgIpc) is 2.71. The molecule has 0 unspecified atom stereocenters. The highest BCUT2D eigenvalue weighted by atomic mass is 35.5. The van der Waals surface area contributed by atoms with Crippen LogP contribution in [0.4, 0.5) is 0 Å². The van der Waals surface area contributed by atoms with Gasteiger partial charge in [-0.05, 0) is 32.3 Å². The van der Waals surface area contributed by atoms with Crippen LogP contribution < -0.4 is 4.57 Å². The Bertz CT molecular complexity index is 1220. The molecule has 2 aromatic rings. The standard InChI is InChI=1S/C23H29ClNO5S2/c1-5-14-31(27,28)22(23(24)32(29,30)15-6-2)20(25-12-8-7-9-13-25)21(26)19-11-10-17(3)16-18(19)4/h7-13,16,23H,5-6,14-15H2,1-4H3/q+1/b22-20+/t23-/m0/s1. The molecule has 0 amide bonds. The molecule has 9 heteroatoms. The molecular weight excluding hydrogens is 470 g/mol. The van der Waals surface area contributed by atoms with Crippen molar-refractivity contribution in [2.45, 2.75) is 45.2 Å². The molecule has 0 saturated heterocycles. The maximum absolute atomic E-state index is 13.8. The number of nitrogens with zero attached hydrogens (tertiary/aromatic N) is 1. The van der Waals surface area contributed by atoms with Crippen molar-refractivity contribution in [2.24, 2.45) is 0 Å². The minimum absolute atomic E-state index is 0.244. The lowest BCUT2D eigenvalue weighted by molar-refractivity contribution is -0.577. The van der Waals surface area contributed by atoms with Crippen molar-refractivity contribution in [1.29, 1.82) is 0 Å². The predicted molar refractivity (Wildman–Crippen MR) is 128 cm³/mol. The maximum atomic E-state index is 13.8. The van der Waals surface area contributed by atoms with Crippen molar-refractivity contribution in [3.05, 3.63) is 70.4 Å². The molecule has 1 aromatic carbocycles. The number of hydrogen-bond acceptors (Lipinski definition) is 5. The zero-order valence-electron chi connectivity index (χ0n) is 18.7. The first-order chi connectivity index (χ1) is 15.0. The molecule has 0 spiro atoms. The van der Waals surface area contributed by atoms with Crippen LogP contribution in [0.5, 0.6) is 0 Å². The summed E-state index contributed by atoms with van der Waals surface area (Å²) in [4.78, 5) is 13.2. The lowest BCUT2D eigenvalue weighted by Gasteiger charge is -2.17. The Labute approximate surface area is 195 Å². The topological polar surface area (TPSA) is 89.2 Å². The van der Waals surface area contributed by atoms with Gasteiger partial charge in [0.05, 0.1) is 11.5 Å². The number of allylic oxidation sites excluding steroid dienone is 1. The van der Waals surface area contributed by atoms with Crippen LogP contribution in [0.25, 0.3) is 5.70 Å². The Hall–Kier alpha value is -2.03. The van der Waals surface area contributed by atoms with E-state index in [1.165, 1.54) is 17.0 Å². The summed E-state index contributed by atoms with van der Waals surface area (Å²) in [7, 11) is -8.20. The van der Waals surface area contributed by atoms with Crippen LogP contribution in [0.2, 0.25) is 0 Å². The largest absolute Gasteiger partial charge is 0.282 e. The minimum atomic E-state index is -4.17. The summed E-state index contributed by atoms with van der Waals surface area (Å²) in [6, 6.07) is 10.1. The number of rotatable bonds is 10. The number of carbonyl (C=O) groups excluding carboxylic acids is 1. The van der Waals surface area contributed by atoms with Gasteiger partial charge in [-0.2, -0.15) is 4.57 Å². The second-order valence-corrected chi connectivity index (χ2v) is 12.6. The molecule has 1 atom stereocenters. The van der Waals surface area contributed by atoms with E-state index in [1.807, 2.05) is 13.0 Å². The van der Waals surface area contributed by atoms with Gasteiger partial charge in [0.1, 0.15) is 0 Å². The van der Waals surface area contributed by atoms with Crippen LogP contribution in [0.15, 0.2) is 53.7 Å². The van der Waals surface area contributed by atoms with Gasteiger partial charge in [0, 0.05) is 17.7 Å². The van der Waals surface area contributed by atoms with Crippen molar-refractivity contribution in [3.63, 3.8) is 0 Å². The van der Waals surface area contributed by atoms with Gasteiger partial charge in [-0.15, -0.1) is 0 Å². The monoisotopic (exact) mass is 498 g/mol. The first-order valence-corrected chi connectivity index (χ1v) is 14.2. The molecule has 0 aliphatic rings. The van der Waals surface area contributed by atoms with E-state index in [4.69, 9.17) is 11.6 Å². The van der Waals surface area contributed by atoms with E-state index >= 15 is 0 Å². The van der Waals surface area contributed by atoms with Crippen molar-refractivity contribution in [2.75, 3.05) is 11.5 Å². The van der Waals surface area contributed by atoms with Crippen molar-refractivity contribution in [1.82, 2.24) is 0 Å². The number of aryl methyl sites for hydroxylation is 2. The number of benzene rings is 1. The highest BCUT2D eigenvalue weighted by molar-refractivity contribution is 7.99. The number of sulfone groups is 2. The number of ketones is 1. The molecule has 2 rings (SSSR count). The number of hydrogen-bond donors (Lipinski definition) is 0. The molecule has 0 fully saturated rings. The number of alkyl halides is 1. The van der Waals surface area contributed by atoms with Gasteiger partial charge in [0.15, 0.2) is 41.7 Å². The van der Waals surface area contributed by atoms with Crippen LogP contribution in [-0.2, 0) is 19.7 Å². The number of pyridine rings is 1. The molecule has 0 N–H and O–H groups in total. The zero-order chi connectivity index (χ0) is 24.1. The van der Waals surface area contributed by atoms with Gasteiger partial charge < -0.3 is 0 Å². The van der Waals surface area contributed by atoms with Crippen LogP contribution in [0.1, 0.15) is 48.2 Å². The lowest BCUT2D eigenvalue weighted by atomic mass is 10.00. The fraction of sp³-hybridized carbons (Fsp3) is 0.391. The van der Waals surface area contributed by atoms with Gasteiger partial charge in [-0.1, -0.05) is 55.3 Å². The average molecular weight is 499 g/mol. The Balaban J connectivity index is 2.98. The summed E-state index contributed by atoms with van der Waals surface area (Å²) in [6.45, 7) is 6.96. The quantitative estimate of drug-likeness (QED) is 0.215. The van der Waals surface area contributed by atoms with E-state index in [0.717, 1.165) is 5.56 Å². The molecular formula is C23H29ClNO5S2+. The summed E-state index contributed by atoms with van der Waals surface area (Å²) in [5, 5.41) is 0. The Kier molecular flexibility index (Phi) is 8.79. The molecule has 174 valence electrons. The Morgan fingerprint density at radius 2 is 1.56 bits per heavy atom. The fourth-order valence-corrected chi connectivity index (χ4v) is 7.83. The summed E-state index contributed by atoms with van der Waals surface area (Å²) < 4.78 is 51.9. The van der Waals surface area contributed by atoms with Crippen LogP contribution in [-0.4, -0.2) is 38.8 Å². The summed E-state index contributed by atoms with van der Waals surface area (Å²) >= 11 is 6.39. The smallest absolute Gasteiger partial charge is 0.276 e. The molecule has 0 aliphatic heterocycles. The second kappa shape index (κ2) is 10.7. The predicted octanol–water partition coefficient (Wildman–Crippen LogP) is 3.86. The molecule has 0 aliphatic carbocycles. The van der Waals surface area contributed by atoms with E-state index in [2.05, 4.69) is 0 Å². The first-order valence-electron chi connectivity index (χ1n) is 10.4. The van der Waals surface area contributed by atoms with E-state index in [1.54, 1.807) is 51.1 Å². The SMILES string of the molecule is CCCS(=O)(=O)/C(=C(\C(=O)c1ccc(C)cc1C)[n+]1ccccc1)[C@@H](Cl)S(=O)(=O)CCC. The van der Waals surface area contributed by atoms with Gasteiger partial charge in [-0.25, -0.2) is 16.8 Å². The van der Waals surface area contributed by atoms with Crippen molar-refractivity contribution >= 4 is 42.8 Å². The lowest BCUT2D eigenvalue weighted by Crippen LogP contribution is -2.41. The first kappa shape index (κ1) is 26.2. The molecule has 0 radical (unpaired) electrons. The molecule has 0 saturated carbocycles. The number of aromatic nitrogens is 1. The minimum Gasteiger partial charge on any atom is -0.282 e. The zero-order valence-corrected chi connectivity index (χ0v) is 21.1. The fourth-order valence-electron chi connectivity index (χ4n) is 3.43. The van der Waals surface area contributed by atoms with Crippen LogP contribution in [0, 0.1) is 13.8 Å². The summed E-state index contributed by atoms with van der Waals surface area (Å²) in [5.41, 5.74) is 1.60. The third-order valence-electron chi connectivity index (χ3n) is 4.87. The number of carbonyl (C=O) groups is 1. The normalized spacial score (nSPS) is 14.0. The number of Topliss-reactive ketones (excluding diaryl/α,β-unsaturated/α-hetero) is 1. The summed E-state index contributed by atoms with van der Waals surface area (Å²) in [6.07, 6.45) is 3.53. The van der Waals surface area contributed by atoms with E-state index < -0.39 is 35.1 Å². The van der Waals surface area contributed by atoms with Crippen LogP contribution in [0.3, 0.4) is 0 Å². The summed E-state index contributed by atoms with van der Waals surface area (Å²) in [5.74, 6) is -1.23. The van der Waals surface area contributed by atoms with E-state index in [-0.39, 0.29) is 35.6 Å². The van der Waals surface area contributed by atoms with Crippen molar-refractivity contribution in [3.8, 4) is 0 Å². The molecule has 0 bridgehead atoms. The third kappa shape index (κ3) is 5.85. The van der Waals surface area contributed by atoms with E-state index in [0.29, 0.717) is 5.56 Å². The van der Waals surface area contributed by atoms with Crippen LogP contribution >= 0.6 is 11.6 Å². The second-order valence-electron chi connectivity index (χ2n) is 7.65. The van der Waals surface area contributed by atoms with Gasteiger partial charge in [0.2, 0.25) is 0 Å². The Morgan fingerprint density at radius 3 is 2.09 bits per heavy atom. The molecule has 6 nitrogen and oxygen atoms in total. The molecule has 32 heavy (non-hydrogen) atoms. The van der Waals surface area contributed by atoms with E-state index in [9.17, 15) is 21.6 Å². The highest BCUT2D eigenvalue weighted by Gasteiger charge is 2.43.